The lowest BCUT2D eigenvalue weighted by atomic mass is 9.76. The molecule has 3 aromatic carbocycles. The minimum atomic E-state index is -1.10. The van der Waals surface area contributed by atoms with Crippen molar-refractivity contribution in [2.45, 2.75) is 63.3 Å². The highest BCUT2D eigenvalue weighted by Crippen LogP contribution is 2.47. The predicted octanol–water partition coefficient (Wildman–Crippen LogP) is 5.43. The summed E-state index contributed by atoms with van der Waals surface area (Å²) in [5.74, 6) is -2.64. The maximum Gasteiger partial charge on any atom is 0.341 e. The molecular weight excluding hydrogens is 621 g/mol. The number of rotatable bonds is 10. The van der Waals surface area contributed by atoms with Gasteiger partial charge in [-0.15, -0.1) is 0 Å². The maximum atomic E-state index is 14.3. The van der Waals surface area contributed by atoms with E-state index in [0.29, 0.717) is 50.9 Å². The van der Waals surface area contributed by atoms with Gasteiger partial charge in [0, 0.05) is 28.6 Å². The maximum absolute atomic E-state index is 14.3. The van der Waals surface area contributed by atoms with E-state index in [4.69, 9.17) is 37.9 Å². The van der Waals surface area contributed by atoms with E-state index in [9.17, 15) is 19.2 Å². The minimum absolute atomic E-state index is 0.0351. The Balaban J connectivity index is 1.50. The van der Waals surface area contributed by atoms with Crippen LogP contribution < -0.4 is 15.5 Å². The van der Waals surface area contributed by atoms with Gasteiger partial charge in [-0.2, -0.15) is 0 Å². The summed E-state index contributed by atoms with van der Waals surface area (Å²) in [6, 6.07) is 17.1. The number of nitrogens with zero attached hydrogens (tertiary/aromatic N) is 1. The zero-order chi connectivity index (χ0) is 32.1. The Labute approximate surface area is 270 Å². The molecule has 1 aliphatic heterocycles. The number of fused-ring (bicyclic) bond motifs is 1. The summed E-state index contributed by atoms with van der Waals surface area (Å²) in [6.45, 7) is 0.927. The third-order valence-corrected chi connectivity index (χ3v) is 8.65. The molecule has 4 atom stereocenters. The van der Waals surface area contributed by atoms with E-state index in [2.05, 4.69) is 10.8 Å². The topological polar surface area (TPSA) is 134 Å². The van der Waals surface area contributed by atoms with Crippen LogP contribution in [0.1, 0.15) is 71.6 Å². The summed E-state index contributed by atoms with van der Waals surface area (Å²) < 4.78 is 5.24. The van der Waals surface area contributed by atoms with Crippen LogP contribution in [0.25, 0.3) is 0 Å². The lowest BCUT2D eigenvalue weighted by Crippen LogP contribution is -2.59. The highest BCUT2D eigenvalue weighted by Gasteiger charge is 2.49. The van der Waals surface area contributed by atoms with Crippen LogP contribution in [0, 0.1) is 0 Å². The summed E-state index contributed by atoms with van der Waals surface area (Å²) in [4.78, 5) is 58.9. The van der Waals surface area contributed by atoms with Gasteiger partial charge in [0.05, 0.1) is 24.6 Å². The van der Waals surface area contributed by atoms with Crippen molar-refractivity contribution in [1.82, 2.24) is 15.7 Å². The number of aliphatic carboxylic acids is 1. The molecule has 3 amide bonds. The lowest BCUT2D eigenvalue weighted by molar-refractivity contribution is -0.139. The fourth-order valence-electron chi connectivity index (χ4n) is 6.27. The molecule has 5 rings (SSSR count). The molecule has 0 unspecified atom stereocenters. The first-order valence-corrected chi connectivity index (χ1v) is 15.4. The van der Waals surface area contributed by atoms with Gasteiger partial charge in [-0.25, -0.2) is 10.3 Å². The molecule has 0 aromatic heterocycles. The van der Waals surface area contributed by atoms with Crippen LogP contribution in [0.2, 0.25) is 10.0 Å². The van der Waals surface area contributed by atoms with Crippen molar-refractivity contribution < 1.29 is 33.9 Å². The number of amides is 3. The van der Waals surface area contributed by atoms with Gasteiger partial charge in [-0.05, 0) is 59.9 Å². The van der Waals surface area contributed by atoms with Gasteiger partial charge in [0.2, 0.25) is 5.91 Å². The molecule has 0 saturated heterocycles. The molecule has 45 heavy (non-hydrogen) atoms. The Morgan fingerprint density at radius 3 is 2.51 bits per heavy atom. The van der Waals surface area contributed by atoms with Gasteiger partial charge in [0.1, 0.15) is 5.75 Å². The fourth-order valence-corrected chi connectivity index (χ4v) is 6.79. The normalized spacial score (nSPS) is 21.0. The van der Waals surface area contributed by atoms with Crippen molar-refractivity contribution in [3.05, 3.63) is 99.0 Å². The van der Waals surface area contributed by atoms with Crippen LogP contribution in [0.4, 0.5) is 0 Å². The first-order valence-electron chi connectivity index (χ1n) is 14.6. The molecule has 12 heteroatoms. The number of nitrogens with one attached hydrogen (secondary N) is 2. The monoisotopic (exact) mass is 653 g/mol. The number of ether oxygens (including phenoxy) is 1. The van der Waals surface area contributed by atoms with Crippen molar-refractivity contribution in [2.75, 3.05) is 6.61 Å². The Hall–Kier alpha value is -4.12. The van der Waals surface area contributed by atoms with Gasteiger partial charge >= 0.3 is 5.97 Å². The van der Waals surface area contributed by atoms with E-state index in [1.165, 1.54) is 6.92 Å². The summed E-state index contributed by atoms with van der Waals surface area (Å²) in [7, 11) is 0. The van der Waals surface area contributed by atoms with Crippen LogP contribution in [0.5, 0.6) is 5.75 Å². The Morgan fingerprint density at radius 2 is 1.76 bits per heavy atom. The number of benzene rings is 3. The number of hydroxylamine groups is 1. The SMILES string of the molecule is CC(=O)N[C@H]1CCCC[C@@H]1N1C(=O)c2ccccc2[C@@H](C(=O)NOCc2cccc(OCC(=O)O)c2)[C@@H]1c1ccc(Cl)cc1Cl. The number of hydrogen-bond acceptors (Lipinski definition) is 6. The van der Waals surface area contributed by atoms with Crippen LogP contribution in [-0.2, 0) is 25.8 Å². The van der Waals surface area contributed by atoms with E-state index in [-0.39, 0.29) is 24.5 Å². The van der Waals surface area contributed by atoms with Crippen LogP contribution >= 0.6 is 23.2 Å². The highest BCUT2D eigenvalue weighted by atomic mass is 35.5. The summed E-state index contributed by atoms with van der Waals surface area (Å²) in [5.41, 5.74) is 4.65. The third kappa shape index (κ3) is 7.41. The standard InChI is InChI=1S/C33H33Cl2N3O7/c1-19(39)36-27-11-4-5-12-28(27)38-31(25-14-13-21(34)16-26(25)35)30(23-9-2-3-10-24(23)33(38)43)32(42)37-45-17-20-7-6-8-22(15-20)44-18-29(40)41/h2-3,6-10,13-16,27-28,30-31H,4-5,11-12,17-18H2,1H3,(H,36,39)(H,37,42)(H,40,41)/t27-,28-,30+,31-/m0/s1. The van der Waals surface area contributed by atoms with Crippen molar-refractivity contribution in [2.24, 2.45) is 0 Å². The first-order chi connectivity index (χ1) is 21.6. The molecule has 236 valence electrons. The van der Waals surface area contributed by atoms with E-state index in [0.717, 1.165) is 12.8 Å². The molecule has 3 N–H and O–H groups in total. The summed E-state index contributed by atoms with van der Waals surface area (Å²) >= 11 is 13.0. The molecular formula is C33H33Cl2N3O7. The Kier molecular flexibility index (Phi) is 10.3. The third-order valence-electron chi connectivity index (χ3n) is 8.09. The molecule has 0 bridgehead atoms. The lowest BCUT2D eigenvalue weighted by Gasteiger charge is -2.49. The molecule has 1 saturated carbocycles. The predicted molar refractivity (Wildman–Crippen MR) is 167 cm³/mol. The van der Waals surface area contributed by atoms with E-state index < -0.39 is 36.5 Å². The fraction of sp³-hybridized carbons (Fsp3) is 0.333. The second-order valence-corrected chi connectivity index (χ2v) is 12.0. The molecule has 0 radical (unpaired) electrons. The van der Waals surface area contributed by atoms with Crippen molar-refractivity contribution in [3.63, 3.8) is 0 Å². The largest absolute Gasteiger partial charge is 0.482 e. The number of carboxylic acids is 1. The smallest absolute Gasteiger partial charge is 0.341 e. The first kappa shape index (κ1) is 32.3. The van der Waals surface area contributed by atoms with E-state index in [1.807, 2.05) is 0 Å². The zero-order valence-electron chi connectivity index (χ0n) is 24.5. The van der Waals surface area contributed by atoms with Crippen LogP contribution in [0.15, 0.2) is 66.7 Å². The Bertz CT molecular complexity index is 1600. The second kappa shape index (κ2) is 14.3. The Morgan fingerprint density at radius 1 is 0.978 bits per heavy atom. The van der Waals surface area contributed by atoms with E-state index in [1.54, 1.807) is 71.6 Å². The number of halogens is 2. The average molecular weight is 655 g/mol. The average Bonchev–Trinajstić information content (AvgIpc) is 3.00. The number of hydrogen-bond donors (Lipinski definition) is 3. The van der Waals surface area contributed by atoms with Crippen LogP contribution in [0.3, 0.4) is 0 Å². The molecule has 1 heterocycles. The number of carbonyl (C=O) groups is 4. The van der Waals surface area contributed by atoms with E-state index >= 15 is 0 Å². The van der Waals surface area contributed by atoms with Crippen molar-refractivity contribution in [3.8, 4) is 5.75 Å². The minimum Gasteiger partial charge on any atom is -0.482 e. The zero-order valence-corrected chi connectivity index (χ0v) is 26.0. The molecule has 10 nitrogen and oxygen atoms in total. The van der Waals surface area contributed by atoms with Gasteiger partial charge in [0.15, 0.2) is 6.61 Å². The van der Waals surface area contributed by atoms with Gasteiger partial charge in [0.25, 0.3) is 11.8 Å². The molecule has 0 spiro atoms. The molecule has 2 aliphatic rings. The molecule has 1 fully saturated rings. The second-order valence-electron chi connectivity index (χ2n) is 11.1. The number of carboxylic acid groups (broad SMARTS) is 1. The van der Waals surface area contributed by atoms with Gasteiger partial charge < -0.3 is 20.1 Å². The molecule has 1 aliphatic carbocycles. The van der Waals surface area contributed by atoms with Gasteiger partial charge in [-0.3, -0.25) is 19.2 Å². The molecule has 3 aromatic rings. The highest BCUT2D eigenvalue weighted by molar-refractivity contribution is 6.35. The van der Waals surface area contributed by atoms with Crippen molar-refractivity contribution in [1.29, 1.82) is 0 Å². The summed E-state index contributed by atoms with van der Waals surface area (Å²) in [6.07, 6.45) is 3.06. The quantitative estimate of drug-likeness (QED) is 0.248. The summed E-state index contributed by atoms with van der Waals surface area (Å²) in [5, 5.41) is 12.6. The number of carbonyl (C=O) groups excluding carboxylic acids is 3. The van der Waals surface area contributed by atoms with Gasteiger partial charge in [-0.1, -0.05) is 72.4 Å². The van der Waals surface area contributed by atoms with Crippen molar-refractivity contribution >= 4 is 46.9 Å². The van der Waals surface area contributed by atoms with Crippen LogP contribution in [-0.4, -0.2) is 52.4 Å².